The number of hydrogen-bond donors (Lipinski definition) is 2. The van der Waals surface area contributed by atoms with Crippen molar-refractivity contribution in [2.45, 2.75) is 17.9 Å². The number of halogens is 1. The fraction of sp³-hybridized carbons (Fsp3) is 0.364. The summed E-state index contributed by atoms with van der Waals surface area (Å²) in [4.78, 5) is 0.764. The van der Waals surface area contributed by atoms with Crippen LogP contribution >= 0.6 is 27.3 Å². The maximum absolute atomic E-state index is 12.2. The standard InChI is InChI=1S/C11H14BrN3O3S2/c1-15-8(2-4-13-15)3-5-14-20(17,18)10-6-9(7-16)19-11(10)12/h2,4,6,14,16H,3,5,7H2,1H3. The van der Waals surface area contributed by atoms with E-state index in [9.17, 15) is 8.42 Å². The van der Waals surface area contributed by atoms with Crippen molar-refractivity contribution in [1.82, 2.24) is 14.5 Å². The number of sulfonamides is 1. The summed E-state index contributed by atoms with van der Waals surface area (Å²) in [5.41, 5.74) is 0.952. The normalized spacial score (nSPS) is 11.9. The summed E-state index contributed by atoms with van der Waals surface area (Å²) in [6, 6.07) is 3.32. The zero-order valence-corrected chi connectivity index (χ0v) is 13.9. The Morgan fingerprint density at radius 1 is 1.55 bits per heavy atom. The Bertz CT molecular complexity index is 694. The Kier molecular flexibility index (Phi) is 4.97. The highest BCUT2D eigenvalue weighted by atomic mass is 79.9. The Balaban J connectivity index is 2.04. The van der Waals surface area contributed by atoms with E-state index in [1.165, 1.54) is 17.4 Å². The zero-order valence-electron chi connectivity index (χ0n) is 10.7. The van der Waals surface area contributed by atoms with E-state index >= 15 is 0 Å². The molecule has 2 N–H and O–H groups in total. The number of hydrogen-bond acceptors (Lipinski definition) is 5. The maximum Gasteiger partial charge on any atom is 0.242 e. The van der Waals surface area contributed by atoms with E-state index in [1.54, 1.807) is 10.9 Å². The molecular weight excluding hydrogens is 366 g/mol. The van der Waals surface area contributed by atoms with Crippen LogP contribution in [-0.2, 0) is 30.1 Å². The van der Waals surface area contributed by atoms with Gasteiger partial charge in [-0.25, -0.2) is 13.1 Å². The molecule has 0 unspecified atom stereocenters. The Morgan fingerprint density at radius 3 is 2.85 bits per heavy atom. The van der Waals surface area contributed by atoms with Crippen LogP contribution < -0.4 is 4.72 Å². The lowest BCUT2D eigenvalue weighted by atomic mass is 10.3. The minimum absolute atomic E-state index is 0.163. The Hall–Kier alpha value is -0.740. The summed E-state index contributed by atoms with van der Waals surface area (Å²) in [6.07, 6.45) is 2.23. The van der Waals surface area contributed by atoms with Gasteiger partial charge in [0.15, 0.2) is 0 Å². The first-order valence-electron chi connectivity index (χ1n) is 5.79. The van der Waals surface area contributed by atoms with Crippen molar-refractivity contribution >= 4 is 37.3 Å². The molecule has 2 aromatic heterocycles. The summed E-state index contributed by atoms with van der Waals surface area (Å²) in [7, 11) is -1.76. The highest BCUT2D eigenvalue weighted by Gasteiger charge is 2.20. The van der Waals surface area contributed by atoms with Gasteiger partial charge in [-0.15, -0.1) is 11.3 Å². The summed E-state index contributed by atoms with van der Waals surface area (Å²) < 4.78 is 29.1. The van der Waals surface area contributed by atoms with Gasteiger partial charge >= 0.3 is 0 Å². The van der Waals surface area contributed by atoms with Crippen LogP contribution in [-0.4, -0.2) is 29.8 Å². The van der Waals surface area contributed by atoms with Gasteiger partial charge in [-0.2, -0.15) is 5.10 Å². The minimum Gasteiger partial charge on any atom is -0.391 e. The highest BCUT2D eigenvalue weighted by Crippen LogP contribution is 2.31. The van der Waals surface area contributed by atoms with E-state index in [4.69, 9.17) is 5.11 Å². The topological polar surface area (TPSA) is 84.2 Å². The lowest BCUT2D eigenvalue weighted by Gasteiger charge is -2.06. The summed E-state index contributed by atoms with van der Waals surface area (Å²) in [5.74, 6) is 0. The predicted molar refractivity (Wildman–Crippen MR) is 80.0 cm³/mol. The molecule has 9 heteroatoms. The molecule has 2 aromatic rings. The van der Waals surface area contributed by atoms with Crippen molar-refractivity contribution < 1.29 is 13.5 Å². The molecule has 0 atom stereocenters. The van der Waals surface area contributed by atoms with Crippen molar-refractivity contribution in [3.05, 3.63) is 32.7 Å². The summed E-state index contributed by atoms with van der Waals surface area (Å²) >= 11 is 4.42. The van der Waals surface area contributed by atoms with Crippen molar-refractivity contribution in [2.24, 2.45) is 7.05 Å². The molecule has 0 amide bonds. The Morgan fingerprint density at radius 2 is 2.30 bits per heavy atom. The van der Waals surface area contributed by atoms with Crippen molar-refractivity contribution in [1.29, 1.82) is 0 Å². The van der Waals surface area contributed by atoms with Crippen LogP contribution in [0.4, 0.5) is 0 Å². The van der Waals surface area contributed by atoms with Crippen LogP contribution in [0.25, 0.3) is 0 Å². The molecule has 0 fully saturated rings. The number of aliphatic hydroxyl groups excluding tert-OH is 1. The van der Waals surface area contributed by atoms with Crippen LogP contribution in [0, 0.1) is 0 Å². The summed E-state index contributed by atoms with van der Waals surface area (Å²) in [5, 5.41) is 13.1. The monoisotopic (exact) mass is 379 g/mol. The zero-order chi connectivity index (χ0) is 14.8. The van der Waals surface area contributed by atoms with E-state index in [-0.39, 0.29) is 11.5 Å². The average Bonchev–Trinajstić information content (AvgIpc) is 2.96. The number of thiophene rings is 1. The van der Waals surface area contributed by atoms with Gasteiger partial charge in [0.05, 0.1) is 10.4 Å². The van der Waals surface area contributed by atoms with E-state index in [2.05, 4.69) is 25.8 Å². The minimum atomic E-state index is -3.57. The van der Waals surface area contributed by atoms with Gasteiger partial charge in [-0.1, -0.05) is 0 Å². The van der Waals surface area contributed by atoms with Gasteiger partial charge in [-0.3, -0.25) is 4.68 Å². The van der Waals surface area contributed by atoms with Gasteiger partial charge in [0.25, 0.3) is 0 Å². The van der Waals surface area contributed by atoms with E-state index < -0.39 is 10.0 Å². The van der Waals surface area contributed by atoms with Crippen molar-refractivity contribution in [3.8, 4) is 0 Å². The highest BCUT2D eigenvalue weighted by molar-refractivity contribution is 9.11. The van der Waals surface area contributed by atoms with Gasteiger partial charge in [0, 0.05) is 36.8 Å². The van der Waals surface area contributed by atoms with E-state index in [0.29, 0.717) is 21.6 Å². The van der Waals surface area contributed by atoms with Crippen LogP contribution in [0.1, 0.15) is 10.6 Å². The maximum atomic E-state index is 12.2. The molecule has 0 aliphatic rings. The summed E-state index contributed by atoms with van der Waals surface area (Å²) in [6.45, 7) is 0.117. The first-order valence-corrected chi connectivity index (χ1v) is 8.89. The van der Waals surface area contributed by atoms with Crippen molar-refractivity contribution in [2.75, 3.05) is 6.54 Å². The third-order valence-corrected chi connectivity index (χ3v) is 6.45. The molecule has 6 nitrogen and oxygen atoms in total. The molecule has 110 valence electrons. The molecule has 20 heavy (non-hydrogen) atoms. The molecule has 0 bridgehead atoms. The van der Waals surface area contributed by atoms with E-state index in [1.807, 2.05) is 13.1 Å². The average molecular weight is 380 g/mol. The Labute approximate surface area is 129 Å². The second-order valence-corrected chi connectivity index (χ2v) is 8.29. The first kappa shape index (κ1) is 15.6. The number of aromatic nitrogens is 2. The number of aryl methyl sites for hydroxylation is 1. The molecule has 2 rings (SSSR count). The van der Waals surface area contributed by atoms with E-state index in [0.717, 1.165) is 5.69 Å². The van der Waals surface area contributed by atoms with Gasteiger partial charge in [0.2, 0.25) is 10.0 Å². The van der Waals surface area contributed by atoms with Gasteiger partial charge in [-0.05, 0) is 28.1 Å². The van der Waals surface area contributed by atoms with Crippen LogP contribution in [0.2, 0.25) is 0 Å². The third-order valence-electron chi connectivity index (χ3n) is 2.75. The van der Waals surface area contributed by atoms with Crippen LogP contribution in [0.3, 0.4) is 0 Å². The molecule has 0 aliphatic heterocycles. The van der Waals surface area contributed by atoms with Crippen LogP contribution in [0.5, 0.6) is 0 Å². The number of rotatable bonds is 6. The number of nitrogens with one attached hydrogen (secondary N) is 1. The lowest BCUT2D eigenvalue weighted by molar-refractivity contribution is 0.285. The molecular formula is C11H14BrN3O3S2. The quantitative estimate of drug-likeness (QED) is 0.790. The molecule has 0 saturated heterocycles. The molecule has 2 heterocycles. The fourth-order valence-corrected chi connectivity index (χ4v) is 5.27. The third kappa shape index (κ3) is 3.47. The molecule has 0 saturated carbocycles. The number of aliphatic hydroxyl groups is 1. The molecule has 0 spiro atoms. The first-order chi connectivity index (χ1) is 9.44. The predicted octanol–water partition coefficient (Wildman–Crippen LogP) is 1.26. The SMILES string of the molecule is Cn1nccc1CCNS(=O)(=O)c1cc(CO)sc1Br. The number of nitrogens with zero attached hydrogens (tertiary/aromatic N) is 2. The van der Waals surface area contributed by atoms with Gasteiger partial charge in [0.1, 0.15) is 4.90 Å². The van der Waals surface area contributed by atoms with Crippen molar-refractivity contribution in [3.63, 3.8) is 0 Å². The van der Waals surface area contributed by atoms with Crippen LogP contribution in [0.15, 0.2) is 27.0 Å². The molecule has 0 radical (unpaired) electrons. The molecule has 0 aromatic carbocycles. The largest absolute Gasteiger partial charge is 0.391 e. The smallest absolute Gasteiger partial charge is 0.242 e. The second-order valence-electron chi connectivity index (χ2n) is 4.10. The van der Waals surface area contributed by atoms with Gasteiger partial charge < -0.3 is 5.11 Å². The second kappa shape index (κ2) is 6.35. The fourth-order valence-electron chi connectivity index (χ4n) is 1.70. The molecule has 0 aliphatic carbocycles. The lowest BCUT2D eigenvalue weighted by Crippen LogP contribution is -2.26.